The molecule has 0 aromatic heterocycles. The molecule has 4 unspecified atom stereocenters. The quantitative estimate of drug-likeness (QED) is 0.132. The number of hydrogen-bond donors (Lipinski definition) is 7. The van der Waals surface area contributed by atoms with E-state index in [1.807, 2.05) is 0 Å². The zero-order valence-corrected chi connectivity index (χ0v) is 19.7. The van der Waals surface area contributed by atoms with Crippen LogP contribution in [-0.4, -0.2) is 93.7 Å². The number of thioether (sulfide) groups is 1. The smallest absolute Gasteiger partial charge is 0.326 e. The fourth-order valence-corrected chi connectivity index (χ4v) is 3.76. The van der Waals surface area contributed by atoms with Crippen molar-refractivity contribution in [1.29, 1.82) is 0 Å². The van der Waals surface area contributed by atoms with Crippen LogP contribution in [0.4, 0.5) is 0 Å². The topological polar surface area (TPSA) is 211 Å². The van der Waals surface area contributed by atoms with Crippen LogP contribution in [0.25, 0.3) is 0 Å². The van der Waals surface area contributed by atoms with E-state index in [0.717, 1.165) is 6.42 Å². The molecule has 0 spiro atoms. The maximum absolute atomic E-state index is 12.9. The highest BCUT2D eigenvalue weighted by Crippen LogP contribution is 2.08. The molecule has 13 nitrogen and oxygen atoms in total. The number of rotatable bonds is 16. The first-order valence-corrected chi connectivity index (χ1v) is 12.2. The number of carboxylic acid groups (broad SMARTS) is 3. The van der Waals surface area contributed by atoms with E-state index in [2.05, 4.69) is 21.3 Å². The molecule has 1 fully saturated rings. The highest BCUT2D eigenvalue weighted by Gasteiger charge is 2.31. The molecule has 3 amide bonds. The van der Waals surface area contributed by atoms with Crippen molar-refractivity contribution in [1.82, 2.24) is 21.3 Å². The Morgan fingerprint density at radius 3 is 1.82 bits per heavy atom. The van der Waals surface area contributed by atoms with E-state index in [4.69, 9.17) is 10.2 Å². The van der Waals surface area contributed by atoms with Gasteiger partial charge in [0.05, 0.1) is 6.04 Å². The SMILES string of the molecule is CSCCC(NC(=O)C(CCC(=O)O)NC(=O)C(CCC(=O)O)NC(=O)C1CCCN1)C(=O)O. The van der Waals surface area contributed by atoms with E-state index in [0.29, 0.717) is 18.7 Å². The molecule has 1 aliphatic rings. The van der Waals surface area contributed by atoms with Crippen molar-refractivity contribution in [2.24, 2.45) is 0 Å². The minimum Gasteiger partial charge on any atom is -0.481 e. The number of carbonyl (C=O) groups is 6. The number of carbonyl (C=O) groups excluding carboxylic acids is 3. The van der Waals surface area contributed by atoms with E-state index in [9.17, 15) is 33.9 Å². The van der Waals surface area contributed by atoms with Crippen molar-refractivity contribution < 1.29 is 44.1 Å². The van der Waals surface area contributed by atoms with E-state index in [1.165, 1.54) is 11.8 Å². The van der Waals surface area contributed by atoms with Crippen LogP contribution in [0.5, 0.6) is 0 Å². The van der Waals surface area contributed by atoms with Gasteiger partial charge in [0.15, 0.2) is 0 Å². The third kappa shape index (κ3) is 10.8. The molecule has 0 aromatic carbocycles. The van der Waals surface area contributed by atoms with Gasteiger partial charge in [-0.15, -0.1) is 0 Å². The molecule has 4 atom stereocenters. The van der Waals surface area contributed by atoms with Crippen molar-refractivity contribution in [2.45, 2.75) is 69.1 Å². The fourth-order valence-electron chi connectivity index (χ4n) is 3.29. The first-order chi connectivity index (χ1) is 16.0. The molecule has 0 aromatic rings. The van der Waals surface area contributed by atoms with E-state index in [-0.39, 0.29) is 19.3 Å². The summed E-state index contributed by atoms with van der Waals surface area (Å²) in [5, 5.41) is 37.4. The second-order valence-corrected chi connectivity index (χ2v) is 8.80. The van der Waals surface area contributed by atoms with Gasteiger partial charge in [0, 0.05) is 12.8 Å². The minimum absolute atomic E-state index is 0.119. The largest absolute Gasteiger partial charge is 0.481 e. The molecule has 1 saturated heterocycles. The van der Waals surface area contributed by atoms with Gasteiger partial charge in [-0.2, -0.15) is 11.8 Å². The lowest BCUT2D eigenvalue weighted by atomic mass is 10.1. The molecule has 34 heavy (non-hydrogen) atoms. The maximum Gasteiger partial charge on any atom is 0.326 e. The van der Waals surface area contributed by atoms with E-state index in [1.54, 1.807) is 6.26 Å². The molecule has 0 aliphatic carbocycles. The normalized spacial score (nSPS) is 17.7. The zero-order valence-electron chi connectivity index (χ0n) is 18.9. The van der Waals surface area contributed by atoms with Crippen molar-refractivity contribution >= 4 is 47.4 Å². The summed E-state index contributed by atoms with van der Waals surface area (Å²) in [5.74, 6) is -5.49. The number of nitrogens with one attached hydrogen (secondary N) is 4. The number of carboxylic acids is 3. The lowest BCUT2D eigenvalue weighted by Gasteiger charge is -2.25. The molecule has 0 radical (unpaired) electrons. The summed E-state index contributed by atoms with van der Waals surface area (Å²) in [6, 6.07) is -4.44. The summed E-state index contributed by atoms with van der Waals surface area (Å²) in [4.78, 5) is 71.5. The van der Waals surface area contributed by atoms with Gasteiger partial charge in [0.1, 0.15) is 18.1 Å². The summed E-state index contributed by atoms with van der Waals surface area (Å²) < 4.78 is 0. The number of hydrogen-bond acceptors (Lipinski definition) is 8. The van der Waals surface area contributed by atoms with Crippen LogP contribution >= 0.6 is 11.8 Å². The van der Waals surface area contributed by atoms with Gasteiger partial charge in [0.25, 0.3) is 0 Å². The second kappa shape index (κ2) is 15.1. The van der Waals surface area contributed by atoms with Crippen LogP contribution in [0, 0.1) is 0 Å². The van der Waals surface area contributed by atoms with Crippen LogP contribution in [0.3, 0.4) is 0 Å². The lowest BCUT2D eigenvalue weighted by Crippen LogP contribution is -2.57. The van der Waals surface area contributed by atoms with Gasteiger partial charge in [-0.05, 0) is 50.7 Å². The Morgan fingerprint density at radius 1 is 0.853 bits per heavy atom. The predicted octanol–water partition coefficient (Wildman–Crippen LogP) is -1.24. The average Bonchev–Trinajstić information content (AvgIpc) is 3.31. The summed E-state index contributed by atoms with van der Waals surface area (Å²) in [6.45, 7) is 0.628. The molecular formula is C20H32N4O9S. The lowest BCUT2D eigenvalue weighted by molar-refractivity contribution is -0.143. The van der Waals surface area contributed by atoms with Crippen LogP contribution in [0.2, 0.25) is 0 Å². The van der Waals surface area contributed by atoms with Crippen LogP contribution in [-0.2, 0) is 28.8 Å². The van der Waals surface area contributed by atoms with Gasteiger partial charge in [-0.1, -0.05) is 0 Å². The molecule has 192 valence electrons. The summed E-state index contributed by atoms with van der Waals surface area (Å²) in [5.41, 5.74) is 0. The molecule has 0 bridgehead atoms. The van der Waals surface area contributed by atoms with Gasteiger partial charge in [0.2, 0.25) is 17.7 Å². The Labute approximate surface area is 200 Å². The molecular weight excluding hydrogens is 472 g/mol. The zero-order chi connectivity index (χ0) is 25.7. The first-order valence-electron chi connectivity index (χ1n) is 10.8. The number of amides is 3. The standard InChI is InChI=1S/C20H32N4O9S/c1-34-10-8-14(20(32)33)24-19(31)13(5-7-16(27)28)23-18(30)12(4-6-15(25)26)22-17(29)11-3-2-9-21-11/h11-14,21H,2-10H2,1H3,(H,22,29)(H,23,30)(H,24,31)(H,25,26)(H,27,28)(H,32,33). The first kappa shape index (κ1) is 29.2. The molecule has 14 heteroatoms. The molecule has 0 saturated carbocycles. The molecule has 1 aliphatic heterocycles. The van der Waals surface area contributed by atoms with Crippen LogP contribution in [0.15, 0.2) is 0 Å². The van der Waals surface area contributed by atoms with Crippen molar-refractivity contribution in [3.8, 4) is 0 Å². The Morgan fingerprint density at radius 2 is 1.38 bits per heavy atom. The Hall–Kier alpha value is -2.87. The minimum atomic E-state index is -1.39. The third-order valence-corrected chi connectivity index (χ3v) is 5.81. The highest BCUT2D eigenvalue weighted by molar-refractivity contribution is 7.98. The van der Waals surface area contributed by atoms with Gasteiger partial charge in [-0.3, -0.25) is 24.0 Å². The fraction of sp³-hybridized carbons (Fsp3) is 0.700. The monoisotopic (exact) mass is 504 g/mol. The van der Waals surface area contributed by atoms with E-state index < -0.39 is 72.6 Å². The van der Waals surface area contributed by atoms with Crippen molar-refractivity contribution in [3.05, 3.63) is 0 Å². The Balaban J connectivity index is 2.95. The summed E-state index contributed by atoms with van der Waals surface area (Å²) in [6.07, 6.45) is 1.70. The Kier molecular flexibility index (Phi) is 13.0. The number of aliphatic carboxylic acids is 3. The van der Waals surface area contributed by atoms with Gasteiger partial charge in [-0.25, -0.2) is 4.79 Å². The van der Waals surface area contributed by atoms with Gasteiger partial charge < -0.3 is 36.6 Å². The molecule has 1 rings (SSSR count). The van der Waals surface area contributed by atoms with Crippen LogP contribution in [0.1, 0.15) is 44.9 Å². The average molecular weight is 505 g/mol. The van der Waals surface area contributed by atoms with Gasteiger partial charge >= 0.3 is 17.9 Å². The van der Waals surface area contributed by atoms with E-state index >= 15 is 0 Å². The highest BCUT2D eigenvalue weighted by atomic mass is 32.2. The van der Waals surface area contributed by atoms with Crippen LogP contribution < -0.4 is 21.3 Å². The van der Waals surface area contributed by atoms with Crippen molar-refractivity contribution in [3.63, 3.8) is 0 Å². The predicted molar refractivity (Wildman–Crippen MR) is 121 cm³/mol. The molecule has 1 heterocycles. The third-order valence-electron chi connectivity index (χ3n) is 5.16. The molecule has 7 N–H and O–H groups in total. The Bertz CT molecular complexity index is 758. The maximum atomic E-state index is 12.9. The second-order valence-electron chi connectivity index (χ2n) is 7.82. The van der Waals surface area contributed by atoms with Crippen molar-refractivity contribution in [2.75, 3.05) is 18.6 Å². The summed E-state index contributed by atoms with van der Waals surface area (Å²) >= 11 is 1.38. The summed E-state index contributed by atoms with van der Waals surface area (Å²) in [7, 11) is 0.